The first-order chi connectivity index (χ1) is 28.4. The van der Waals surface area contributed by atoms with E-state index in [1.54, 1.807) is 23.8 Å². The molecule has 3 rings (SSSR count). The van der Waals surface area contributed by atoms with E-state index in [1.807, 2.05) is 84.1 Å². The van der Waals surface area contributed by atoms with Crippen molar-refractivity contribution in [1.29, 1.82) is 0 Å². The van der Waals surface area contributed by atoms with Gasteiger partial charge in [0.05, 0.1) is 49.2 Å². The Hall–Kier alpha value is -4.53. The quantitative estimate of drug-likeness (QED) is 0.141. The molecule has 0 spiro atoms. The maximum atomic E-state index is 14.2. The topological polar surface area (TPSA) is 161 Å². The number of benzene rings is 2. The average Bonchev–Trinajstić information content (AvgIpc) is 3.71. The summed E-state index contributed by atoms with van der Waals surface area (Å²) in [6.45, 7) is 10.6. The van der Waals surface area contributed by atoms with Crippen LogP contribution in [0, 0.1) is 17.8 Å². The van der Waals surface area contributed by atoms with E-state index in [2.05, 4.69) is 39.8 Å². The molecule has 2 aromatic carbocycles. The van der Waals surface area contributed by atoms with Gasteiger partial charge in [-0.1, -0.05) is 83.5 Å². The molecule has 334 valence electrons. The minimum Gasteiger partial charge on any atom is -0.480 e. The van der Waals surface area contributed by atoms with Gasteiger partial charge in [-0.3, -0.25) is 24.1 Å². The van der Waals surface area contributed by atoms with Gasteiger partial charge >= 0.3 is 5.97 Å². The summed E-state index contributed by atoms with van der Waals surface area (Å²) in [5.41, 5.74) is 3.08. The highest BCUT2D eigenvalue weighted by Gasteiger charge is 2.42. The van der Waals surface area contributed by atoms with Gasteiger partial charge in [-0.05, 0) is 61.4 Å². The summed E-state index contributed by atoms with van der Waals surface area (Å²) >= 11 is 0. The van der Waals surface area contributed by atoms with Crippen molar-refractivity contribution >= 4 is 35.3 Å². The third-order valence-electron chi connectivity index (χ3n) is 12.2. The van der Waals surface area contributed by atoms with E-state index in [0.29, 0.717) is 32.4 Å². The highest BCUT2D eigenvalue weighted by atomic mass is 16.5. The van der Waals surface area contributed by atoms with Crippen molar-refractivity contribution in [2.45, 2.75) is 110 Å². The molecule has 0 saturated carbocycles. The van der Waals surface area contributed by atoms with Crippen molar-refractivity contribution in [2.24, 2.45) is 17.8 Å². The van der Waals surface area contributed by atoms with E-state index in [9.17, 15) is 29.1 Å². The average molecular weight is 837 g/mol. The number of nitrogens with one attached hydrogen (secondary N) is 2. The number of hydrogen-bond acceptors (Lipinski definition) is 9. The number of methoxy groups -OCH3 is 2. The van der Waals surface area contributed by atoms with Crippen molar-refractivity contribution < 1.29 is 38.6 Å². The van der Waals surface area contributed by atoms with E-state index in [1.165, 1.54) is 19.8 Å². The van der Waals surface area contributed by atoms with Gasteiger partial charge in [0.15, 0.2) is 0 Å². The summed E-state index contributed by atoms with van der Waals surface area (Å²) in [5.74, 6) is -3.12. The first kappa shape index (κ1) is 49.8. The first-order valence-electron chi connectivity index (χ1n) is 21.4. The van der Waals surface area contributed by atoms with Gasteiger partial charge in [0.1, 0.15) is 6.04 Å². The van der Waals surface area contributed by atoms with E-state index in [4.69, 9.17) is 9.47 Å². The third-order valence-corrected chi connectivity index (χ3v) is 12.2. The molecule has 2 aromatic rings. The zero-order valence-electron chi connectivity index (χ0n) is 37.9. The molecule has 1 fully saturated rings. The van der Waals surface area contributed by atoms with E-state index < -0.39 is 54.2 Å². The van der Waals surface area contributed by atoms with Crippen molar-refractivity contribution in [2.75, 3.05) is 66.9 Å². The molecule has 0 bridgehead atoms. The predicted octanol–water partition coefficient (Wildman–Crippen LogP) is 4.10. The number of nitrogens with zero attached hydrogens (tertiary/aromatic N) is 4. The molecule has 60 heavy (non-hydrogen) atoms. The van der Waals surface area contributed by atoms with Crippen molar-refractivity contribution in [3.63, 3.8) is 0 Å². The van der Waals surface area contributed by atoms with Crippen molar-refractivity contribution in [3.05, 3.63) is 65.7 Å². The van der Waals surface area contributed by atoms with Gasteiger partial charge in [-0.2, -0.15) is 0 Å². The molecule has 3 N–H and O–H groups in total. The molecule has 1 aliphatic rings. The SMILES string of the molecule is CCC(C)C(C(CC(=O)N1CCCC1C(OC)C(C)C(=O)NC(Cc1ccccc1)C(=O)O)OC)N(C)C(=O)CNC(=O)C(C(C)C)N(C)CCc1ccc(N(C)C)cc1. The molecule has 0 aromatic heterocycles. The summed E-state index contributed by atoms with van der Waals surface area (Å²) < 4.78 is 11.9. The summed E-state index contributed by atoms with van der Waals surface area (Å²) in [5, 5.41) is 15.5. The smallest absolute Gasteiger partial charge is 0.326 e. The van der Waals surface area contributed by atoms with Crippen molar-refractivity contribution in [1.82, 2.24) is 25.3 Å². The predicted molar refractivity (Wildman–Crippen MR) is 235 cm³/mol. The zero-order chi connectivity index (χ0) is 44.7. The Balaban J connectivity index is 1.66. The Morgan fingerprint density at radius 3 is 2.08 bits per heavy atom. The van der Waals surface area contributed by atoms with Gasteiger partial charge < -0.3 is 39.9 Å². The number of carboxylic acid groups (broad SMARTS) is 1. The largest absolute Gasteiger partial charge is 0.480 e. The van der Waals surface area contributed by atoms with Gasteiger partial charge in [0, 0.05) is 60.6 Å². The fraction of sp³-hybridized carbons (Fsp3) is 0.630. The molecule has 14 heteroatoms. The van der Waals surface area contributed by atoms with Crippen LogP contribution < -0.4 is 15.5 Å². The highest BCUT2D eigenvalue weighted by molar-refractivity contribution is 5.88. The van der Waals surface area contributed by atoms with Crippen molar-refractivity contribution in [3.8, 4) is 0 Å². The number of carbonyl (C=O) groups is 5. The summed E-state index contributed by atoms with van der Waals surface area (Å²) in [6.07, 6.45) is 1.57. The number of carboxylic acids is 1. The van der Waals surface area contributed by atoms with Crippen LogP contribution in [0.4, 0.5) is 5.69 Å². The molecular weight excluding hydrogens is 765 g/mol. The van der Waals surface area contributed by atoms with Gasteiger partial charge in [0.2, 0.25) is 23.6 Å². The summed E-state index contributed by atoms with van der Waals surface area (Å²) in [6, 6.07) is 15.0. The maximum Gasteiger partial charge on any atom is 0.326 e. The number of carbonyl (C=O) groups excluding carboxylic acids is 4. The Morgan fingerprint density at radius 2 is 1.53 bits per heavy atom. The van der Waals surface area contributed by atoms with Crippen LogP contribution in [-0.4, -0.2) is 148 Å². The van der Waals surface area contributed by atoms with Crippen LogP contribution in [0.25, 0.3) is 0 Å². The number of amides is 4. The van der Waals surface area contributed by atoms with Gasteiger partial charge in [-0.15, -0.1) is 0 Å². The molecule has 4 amide bonds. The van der Waals surface area contributed by atoms with Crippen LogP contribution in [0.15, 0.2) is 54.6 Å². The number of rotatable bonds is 24. The second kappa shape index (κ2) is 24.0. The molecular formula is C46H72N6O8. The molecule has 14 nitrogen and oxygen atoms in total. The number of likely N-dealkylation sites (N-methyl/N-ethyl adjacent to an activating group) is 2. The van der Waals surface area contributed by atoms with Crippen LogP contribution in [0.1, 0.15) is 71.4 Å². The lowest BCUT2D eigenvalue weighted by atomic mass is 9.90. The van der Waals surface area contributed by atoms with Crippen LogP contribution >= 0.6 is 0 Å². The number of likely N-dealkylation sites (tertiary alicyclic amines) is 1. The summed E-state index contributed by atoms with van der Waals surface area (Å²) in [7, 11) is 10.7. The Morgan fingerprint density at radius 1 is 0.883 bits per heavy atom. The Bertz CT molecular complexity index is 1670. The van der Waals surface area contributed by atoms with E-state index >= 15 is 0 Å². The minimum atomic E-state index is -1.14. The van der Waals surface area contributed by atoms with Crippen LogP contribution in [0.5, 0.6) is 0 Å². The van der Waals surface area contributed by atoms with Gasteiger partial charge in [0.25, 0.3) is 0 Å². The molecule has 0 radical (unpaired) electrons. The fourth-order valence-corrected chi connectivity index (χ4v) is 8.49. The number of aliphatic carboxylic acids is 1. The van der Waals surface area contributed by atoms with Crippen LogP contribution in [-0.2, 0) is 46.3 Å². The Labute approximate surface area is 358 Å². The standard InChI is InChI=1S/C46H72N6O8/c1-12-31(4)42(51(9)40(54)29-47-45(56)41(30(2)3)50(8)26-24-33-20-22-35(23-21-33)49(6)7)38(59-10)28-39(53)52-25-16-19-37(52)43(60-11)32(5)44(55)48-36(46(57)58)27-34-17-14-13-15-18-34/h13-15,17-18,20-23,30-32,36-38,41-43H,12,16,19,24-29H2,1-11H3,(H,47,56)(H,48,55)(H,57,58). The zero-order valence-corrected chi connectivity index (χ0v) is 37.9. The van der Waals surface area contributed by atoms with E-state index in [0.717, 1.165) is 17.7 Å². The van der Waals surface area contributed by atoms with Crippen LogP contribution in [0.3, 0.4) is 0 Å². The molecule has 1 aliphatic heterocycles. The summed E-state index contributed by atoms with van der Waals surface area (Å²) in [4.78, 5) is 74.6. The second-order valence-corrected chi connectivity index (χ2v) is 16.9. The first-order valence-corrected chi connectivity index (χ1v) is 21.4. The monoisotopic (exact) mass is 837 g/mol. The molecule has 0 aliphatic carbocycles. The molecule has 8 atom stereocenters. The third kappa shape index (κ3) is 13.8. The maximum absolute atomic E-state index is 14.2. The number of anilines is 1. The molecule has 1 heterocycles. The highest BCUT2D eigenvalue weighted by Crippen LogP contribution is 2.29. The Kier molecular flexibility index (Phi) is 20.0. The minimum absolute atomic E-state index is 0.00137. The lowest BCUT2D eigenvalue weighted by molar-refractivity contribution is -0.147. The molecule has 1 saturated heterocycles. The number of hydrogen-bond donors (Lipinski definition) is 3. The fourth-order valence-electron chi connectivity index (χ4n) is 8.49. The van der Waals surface area contributed by atoms with Crippen LogP contribution in [0.2, 0.25) is 0 Å². The normalized spacial score (nSPS) is 17.6. The van der Waals surface area contributed by atoms with E-state index in [-0.39, 0.29) is 48.9 Å². The van der Waals surface area contributed by atoms with Gasteiger partial charge in [-0.25, -0.2) is 4.79 Å². The number of ether oxygens (including phenoxy) is 2. The second-order valence-electron chi connectivity index (χ2n) is 16.9. The lowest BCUT2D eigenvalue weighted by Crippen LogP contribution is -2.55. The lowest BCUT2D eigenvalue weighted by Gasteiger charge is -2.39. The molecule has 8 unspecified atom stereocenters.